The molecule has 0 radical (unpaired) electrons. The summed E-state index contributed by atoms with van der Waals surface area (Å²) in [5, 5.41) is 0.225. The van der Waals surface area contributed by atoms with Gasteiger partial charge in [0.1, 0.15) is 11.4 Å². The molecule has 20 heavy (non-hydrogen) atoms. The van der Waals surface area contributed by atoms with Crippen LogP contribution in [-0.2, 0) is 9.26 Å². The second kappa shape index (κ2) is 7.11. The molecule has 0 aromatic heterocycles. The van der Waals surface area contributed by atoms with E-state index in [4.69, 9.17) is 14.0 Å². The van der Waals surface area contributed by atoms with E-state index in [-0.39, 0.29) is 5.04 Å². The average Bonchev–Trinajstić information content (AvgIpc) is 2.37. The van der Waals surface area contributed by atoms with E-state index in [0.29, 0.717) is 13.2 Å². The van der Waals surface area contributed by atoms with Gasteiger partial charge in [-0.2, -0.15) is 0 Å². The Kier molecular flexibility index (Phi) is 6.04. The van der Waals surface area contributed by atoms with E-state index in [1.807, 2.05) is 24.3 Å². The molecule has 1 aromatic rings. The van der Waals surface area contributed by atoms with Gasteiger partial charge in [-0.05, 0) is 30.3 Å². The van der Waals surface area contributed by atoms with Crippen molar-refractivity contribution in [1.82, 2.24) is 0 Å². The van der Waals surface area contributed by atoms with Gasteiger partial charge in [0, 0.05) is 0 Å². The maximum absolute atomic E-state index is 6.03. The smallest absolute Gasteiger partial charge is 0.192 e. The fourth-order valence-electron chi connectivity index (χ4n) is 1.41. The van der Waals surface area contributed by atoms with Gasteiger partial charge in [0.2, 0.25) is 0 Å². The third kappa shape index (κ3) is 4.81. The lowest BCUT2D eigenvalue weighted by atomic mass is 10.2. The van der Waals surface area contributed by atoms with E-state index in [1.54, 1.807) is 7.11 Å². The number of benzene rings is 1. The molecule has 0 fully saturated rings. The van der Waals surface area contributed by atoms with Crippen molar-refractivity contribution in [3.05, 3.63) is 24.3 Å². The molecule has 1 aromatic carbocycles. The van der Waals surface area contributed by atoms with E-state index in [0.717, 1.165) is 11.4 Å². The maximum Gasteiger partial charge on any atom is 0.192 e. The maximum atomic E-state index is 6.03. The lowest BCUT2D eigenvalue weighted by Gasteiger charge is -2.36. The van der Waals surface area contributed by atoms with Crippen LogP contribution in [0, 0.1) is 0 Å². The quantitative estimate of drug-likeness (QED) is 0.468. The van der Waals surface area contributed by atoms with E-state index >= 15 is 0 Å². The minimum Gasteiger partial charge on any atom is -0.495 e. The summed E-state index contributed by atoms with van der Waals surface area (Å²) >= 11 is 0. The van der Waals surface area contributed by atoms with Crippen molar-refractivity contribution < 1.29 is 14.0 Å². The van der Waals surface area contributed by atoms with Gasteiger partial charge in [0.15, 0.2) is 8.32 Å². The fraction of sp³-hybridized carbons (Fsp3) is 0.600. The first-order valence-electron chi connectivity index (χ1n) is 6.93. The van der Waals surface area contributed by atoms with Gasteiger partial charge in [-0.25, -0.2) is 0 Å². The normalized spacial score (nSPS) is 12.3. The zero-order chi connectivity index (χ0) is 15.2. The minimum atomic E-state index is -1.68. The van der Waals surface area contributed by atoms with Crippen LogP contribution in [0.25, 0.3) is 0 Å². The van der Waals surface area contributed by atoms with Crippen molar-refractivity contribution in [3.63, 3.8) is 0 Å². The summed E-state index contributed by atoms with van der Waals surface area (Å²) in [7, 11) is -0.0445. The van der Waals surface area contributed by atoms with E-state index in [1.165, 1.54) is 0 Å². The number of hydrogen-bond acceptors (Lipinski definition) is 4. The molecule has 5 heteroatoms. The lowest BCUT2D eigenvalue weighted by Crippen LogP contribution is -2.41. The molecule has 0 spiro atoms. The predicted octanol–water partition coefficient (Wildman–Crippen LogP) is 4.06. The van der Waals surface area contributed by atoms with Gasteiger partial charge < -0.3 is 9.16 Å². The molecular weight excluding hydrogens is 270 g/mol. The molecule has 0 aliphatic carbocycles. The van der Waals surface area contributed by atoms with Crippen LogP contribution in [0.1, 0.15) is 20.8 Å². The van der Waals surface area contributed by atoms with Crippen LogP contribution in [-0.4, -0.2) is 28.6 Å². The molecular formula is C15H27NO3Si. The number of hydrogen-bond donors (Lipinski definition) is 1. The molecule has 4 nitrogen and oxygen atoms in total. The fourth-order valence-corrected chi connectivity index (χ4v) is 2.44. The Morgan fingerprint density at radius 3 is 2.35 bits per heavy atom. The SMILES string of the molecule is COc1ccccc1NOCCO[Si](C)(C)C(C)(C)C. The summed E-state index contributed by atoms with van der Waals surface area (Å²) in [5.41, 5.74) is 3.72. The highest BCUT2D eigenvalue weighted by Gasteiger charge is 2.36. The second-order valence-electron chi connectivity index (χ2n) is 6.26. The molecule has 0 bridgehead atoms. The Bertz CT molecular complexity index is 416. The van der Waals surface area contributed by atoms with Gasteiger partial charge in [-0.3, -0.25) is 10.3 Å². The first-order valence-corrected chi connectivity index (χ1v) is 9.83. The molecule has 1 rings (SSSR count). The van der Waals surface area contributed by atoms with Gasteiger partial charge in [-0.1, -0.05) is 32.9 Å². The molecule has 0 amide bonds. The van der Waals surface area contributed by atoms with Crippen LogP contribution in [0.2, 0.25) is 18.1 Å². The standard InChI is InChI=1S/C15H27NO3Si/c1-15(2,3)20(5,6)19-12-11-18-16-13-9-7-8-10-14(13)17-4/h7-10,16H,11-12H2,1-6H3. The summed E-state index contributed by atoms with van der Waals surface area (Å²) in [6.07, 6.45) is 0. The molecule has 0 heterocycles. The molecule has 0 saturated carbocycles. The second-order valence-corrected chi connectivity index (χ2v) is 11.1. The Hall–Kier alpha value is -1.04. The Balaban J connectivity index is 2.33. The van der Waals surface area contributed by atoms with Crippen LogP contribution < -0.4 is 10.2 Å². The zero-order valence-corrected chi connectivity index (χ0v) is 14.4. The Labute approximate surface area is 123 Å². The van der Waals surface area contributed by atoms with Crippen LogP contribution in [0.4, 0.5) is 5.69 Å². The highest BCUT2D eigenvalue weighted by Crippen LogP contribution is 2.36. The van der Waals surface area contributed by atoms with Gasteiger partial charge in [0.25, 0.3) is 0 Å². The molecule has 0 unspecified atom stereocenters. The van der Waals surface area contributed by atoms with Gasteiger partial charge in [-0.15, -0.1) is 0 Å². The molecule has 0 atom stereocenters. The summed E-state index contributed by atoms with van der Waals surface area (Å²) < 4.78 is 11.3. The van der Waals surface area contributed by atoms with Crippen LogP contribution >= 0.6 is 0 Å². The Morgan fingerprint density at radius 1 is 1.10 bits per heavy atom. The molecule has 0 aliphatic heterocycles. The summed E-state index contributed by atoms with van der Waals surface area (Å²) in [6, 6.07) is 7.65. The Morgan fingerprint density at radius 2 is 1.75 bits per heavy atom. The summed E-state index contributed by atoms with van der Waals surface area (Å²) in [4.78, 5) is 5.44. The van der Waals surface area contributed by atoms with E-state index < -0.39 is 8.32 Å². The molecule has 0 saturated heterocycles. The van der Waals surface area contributed by atoms with E-state index in [9.17, 15) is 0 Å². The predicted molar refractivity (Wildman–Crippen MR) is 85.7 cm³/mol. The monoisotopic (exact) mass is 297 g/mol. The number of methoxy groups -OCH3 is 1. The minimum absolute atomic E-state index is 0.225. The number of anilines is 1. The van der Waals surface area contributed by atoms with Crippen LogP contribution in [0.3, 0.4) is 0 Å². The summed E-state index contributed by atoms with van der Waals surface area (Å²) in [6.45, 7) is 12.3. The van der Waals surface area contributed by atoms with Crippen molar-refractivity contribution in [2.24, 2.45) is 0 Å². The molecule has 1 N–H and O–H groups in total. The van der Waals surface area contributed by atoms with Gasteiger partial charge in [0.05, 0.1) is 20.3 Å². The van der Waals surface area contributed by atoms with Crippen LogP contribution in [0.5, 0.6) is 5.75 Å². The largest absolute Gasteiger partial charge is 0.495 e. The first-order chi connectivity index (χ1) is 9.28. The summed E-state index contributed by atoms with van der Waals surface area (Å²) in [5.74, 6) is 0.762. The highest BCUT2D eigenvalue weighted by molar-refractivity contribution is 6.74. The number of para-hydroxylation sites is 2. The molecule has 0 aliphatic rings. The highest BCUT2D eigenvalue weighted by atomic mass is 28.4. The lowest BCUT2D eigenvalue weighted by molar-refractivity contribution is 0.135. The number of nitrogens with one attached hydrogen (secondary N) is 1. The number of ether oxygens (including phenoxy) is 1. The van der Waals surface area contributed by atoms with Crippen molar-refractivity contribution in [2.75, 3.05) is 25.8 Å². The van der Waals surface area contributed by atoms with E-state index in [2.05, 4.69) is 39.3 Å². The zero-order valence-electron chi connectivity index (χ0n) is 13.4. The van der Waals surface area contributed by atoms with Crippen molar-refractivity contribution in [1.29, 1.82) is 0 Å². The topological polar surface area (TPSA) is 39.7 Å². The average molecular weight is 297 g/mol. The first kappa shape index (κ1) is 17.0. The molecule has 114 valence electrons. The van der Waals surface area contributed by atoms with Gasteiger partial charge >= 0.3 is 0 Å². The van der Waals surface area contributed by atoms with Crippen molar-refractivity contribution in [3.8, 4) is 5.75 Å². The van der Waals surface area contributed by atoms with Crippen molar-refractivity contribution in [2.45, 2.75) is 38.9 Å². The van der Waals surface area contributed by atoms with Crippen LogP contribution in [0.15, 0.2) is 24.3 Å². The van der Waals surface area contributed by atoms with Crippen molar-refractivity contribution >= 4 is 14.0 Å². The third-order valence-electron chi connectivity index (χ3n) is 3.74. The number of rotatable bonds is 7. The third-order valence-corrected chi connectivity index (χ3v) is 8.28.